The molecule has 0 fully saturated rings. The molecular weight excluding hydrogens is 260 g/mol. The monoisotopic (exact) mass is 276 g/mol. The maximum atomic E-state index is 10.8. The molecule has 0 aliphatic carbocycles. The molecule has 2 N–H and O–H groups in total. The second-order valence-electron chi connectivity index (χ2n) is 4.83. The van der Waals surface area contributed by atoms with Gasteiger partial charge in [-0.1, -0.05) is 24.3 Å². The minimum absolute atomic E-state index is 0.0634. The van der Waals surface area contributed by atoms with E-state index in [0.29, 0.717) is 5.75 Å². The number of hydrogen-bond donors (Lipinski definition) is 2. The number of carboxylic acids is 2. The van der Waals surface area contributed by atoms with Crippen molar-refractivity contribution in [3.8, 4) is 5.75 Å². The Morgan fingerprint density at radius 3 is 2.25 bits per heavy atom. The van der Waals surface area contributed by atoms with Crippen LogP contribution in [0.4, 0.5) is 0 Å². The Labute approximate surface area is 116 Å². The Morgan fingerprint density at radius 2 is 1.65 bits per heavy atom. The number of rotatable bonds is 6. The van der Waals surface area contributed by atoms with E-state index < -0.39 is 17.5 Å². The molecule has 0 aromatic heterocycles. The van der Waals surface area contributed by atoms with Gasteiger partial charge in [-0.3, -0.25) is 9.59 Å². The van der Waals surface area contributed by atoms with Gasteiger partial charge >= 0.3 is 11.9 Å². The van der Waals surface area contributed by atoms with E-state index in [1.807, 2.05) is 24.3 Å². The Kier molecular flexibility index (Phi) is 4.08. The summed E-state index contributed by atoms with van der Waals surface area (Å²) >= 11 is 0. The van der Waals surface area contributed by atoms with E-state index in [1.54, 1.807) is 12.1 Å². The summed E-state index contributed by atoms with van der Waals surface area (Å²) in [5.41, 5.74) is 0.0549. The van der Waals surface area contributed by atoms with Crippen molar-refractivity contribution in [1.82, 2.24) is 0 Å². The van der Waals surface area contributed by atoms with Crippen LogP contribution in [0.15, 0.2) is 30.3 Å². The zero-order chi connectivity index (χ0) is 14.6. The molecule has 0 atom stereocenters. The maximum Gasteiger partial charge on any atom is 0.303 e. The minimum atomic E-state index is -0.921. The van der Waals surface area contributed by atoms with E-state index in [1.165, 1.54) is 0 Å². The van der Waals surface area contributed by atoms with Crippen LogP contribution in [-0.2, 0) is 9.59 Å². The molecule has 2 rings (SSSR count). The van der Waals surface area contributed by atoms with Gasteiger partial charge < -0.3 is 14.9 Å². The summed E-state index contributed by atoms with van der Waals surface area (Å²) in [6, 6.07) is 7.41. The number of para-hydroxylation sites is 1. The van der Waals surface area contributed by atoms with Gasteiger partial charge in [0.05, 0.1) is 0 Å². The quantitative estimate of drug-likeness (QED) is 0.834. The lowest BCUT2D eigenvalue weighted by molar-refractivity contribution is -0.138. The Bertz CT molecular complexity index is 529. The number of hydrogen-bond acceptors (Lipinski definition) is 3. The lowest BCUT2D eigenvalue weighted by Crippen LogP contribution is -2.37. The summed E-state index contributed by atoms with van der Waals surface area (Å²) in [4.78, 5) is 21.5. The molecule has 0 spiro atoms. The van der Waals surface area contributed by atoms with E-state index in [-0.39, 0.29) is 25.7 Å². The molecule has 1 aliphatic heterocycles. The number of carbonyl (C=O) groups is 2. The van der Waals surface area contributed by atoms with Gasteiger partial charge in [0, 0.05) is 31.2 Å². The molecule has 20 heavy (non-hydrogen) atoms. The van der Waals surface area contributed by atoms with Crippen LogP contribution in [0.2, 0.25) is 0 Å². The highest BCUT2D eigenvalue weighted by atomic mass is 16.5. The first-order valence-electron chi connectivity index (χ1n) is 6.42. The van der Waals surface area contributed by atoms with Gasteiger partial charge in [-0.25, -0.2) is 0 Å². The van der Waals surface area contributed by atoms with Gasteiger partial charge in [0.15, 0.2) is 0 Å². The summed E-state index contributed by atoms with van der Waals surface area (Å²) in [7, 11) is 0. The SMILES string of the molecule is O=C(O)CCC1(CCC(=O)O)C=Cc2ccccc2O1. The summed E-state index contributed by atoms with van der Waals surface area (Å²) in [5, 5.41) is 17.7. The minimum Gasteiger partial charge on any atom is -0.483 e. The van der Waals surface area contributed by atoms with Crippen LogP contribution in [0.5, 0.6) is 5.75 Å². The van der Waals surface area contributed by atoms with Gasteiger partial charge in [0.1, 0.15) is 11.4 Å². The van der Waals surface area contributed by atoms with Crippen molar-refractivity contribution in [2.75, 3.05) is 0 Å². The second kappa shape index (κ2) is 5.77. The van der Waals surface area contributed by atoms with E-state index in [2.05, 4.69) is 0 Å². The molecule has 1 aromatic rings. The zero-order valence-corrected chi connectivity index (χ0v) is 10.9. The van der Waals surface area contributed by atoms with E-state index in [9.17, 15) is 9.59 Å². The Balaban J connectivity index is 2.20. The third-order valence-electron chi connectivity index (χ3n) is 3.32. The highest BCUT2D eigenvalue weighted by Gasteiger charge is 2.33. The van der Waals surface area contributed by atoms with Crippen molar-refractivity contribution >= 4 is 18.0 Å². The Morgan fingerprint density at radius 1 is 1.05 bits per heavy atom. The lowest BCUT2D eigenvalue weighted by atomic mass is 9.88. The first kappa shape index (κ1) is 14.1. The highest BCUT2D eigenvalue weighted by Crippen LogP contribution is 2.36. The normalized spacial score (nSPS) is 15.2. The molecule has 1 aliphatic rings. The number of carboxylic acid groups (broad SMARTS) is 2. The predicted octanol–water partition coefficient (Wildman–Crippen LogP) is 2.56. The third kappa shape index (κ3) is 3.38. The molecule has 0 bridgehead atoms. The largest absolute Gasteiger partial charge is 0.483 e. The first-order chi connectivity index (χ1) is 9.51. The smallest absolute Gasteiger partial charge is 0.303 e. The van der Waals surface area contributed by atoms with E-state index in [0.717, 1.165) is 5.56 Å². The summed E-state index contributed by atoms with van der Waals surface area (Å²) in [6.45, 7) is 0. The highest BCUT2D eigenvalue weighted by molar-refractivity contribution is 5.68. The van der Waals surface area contributed by atoms with Crippen molar-refractivity contribution in [1.29, 1.82) is 0 Å². The number of aliphatic carboxylic acids is 2. The molecule has 0 radical (unpaired) electrons. The average Bonchev–Trinajstić information content (AvgIpc) is 2.43. The van der Waals surface area contributed by atoms with Crippen LogP contribution >= 0.6 is 0 Å². The fraction of sp³-hybridized carbons (Fsp3) is 0.333. The summed E-state index contributed by atoms with van der Waals surface area (Å²) < 4.78 is 5.91. The maximum absolute atomic E-state index is 10.8. The van der Waals surface area contributed by atoms with Crippen molar-refractivity contribution in [2.24, 2.45) is 0 Å². The van der Waals surface area contributed by atoms with Crippen molar-refractivity contribution in [3.63, 3.8) is 0 Å². The molecule has 0 saturated heterocycles. The molecule has 1 aromatic carbocycles. The number of fused-ring (bicyclic) bond motifs is 1. The molecule has 106 valence electrons. The van der Waals surface area contributed by atoms with Gasteiger partial charge in [-0.05, 0) is 12.1 Å². The fourth-order valence-corrected chi connectivity index (χ4v) is 2.24. The van der Waals surface area contributed by atoms with Gasteiger partial charge in [0.25, 0.3) is 0 Å². The second-order valence-corrected chi connectivity index (χ2v) is 4.83. The zero-order valence-electron chi connectivity index (χ0n) is 10.9. The van der Waals surface area contributed by atoms with Crippen LogP contribution in [0.1, 0.15) is 31.2 Å². The summed E-state index contributed by atoms with van der Waals surface area (Å²) in [6.07, 6.45) is 4.02. The third-order valence-corrected chi connectivity index (χ3v) is 3.32. The first-order valence-corrected chi connectivity index (χ1v) is 6.42. The molecular formula is C15H16O5. The fourth-order valence-electron chi connectivity index (χ4n) is 2.24. The molecule has 1 heterocycles. The Hall–Kier alpha value is -2.30. The van der Waals surface area contributed by atoms with Crippen LogP contribution in [0, 0.1) is 0 Å². The van der Waals surface area contributed by atoms with Gasteiger partial charge in [-0.15, -0.1) is 0 Å². The van der Waals surface area contributed by atoms with Crippen molar-refractivity contribution in [2.45, 2.75) is 31.3 Å². The predicted molar refractivity (Wildman–Crippen MR) is 72.6 cm³/mol. The van der Waals surface area contributed by atoms with Crippen LogP contribution in [-0.4, -0.2) is 27.8 Å². The topological polar surface area (TPSA) is 83.8 Å². The standard InChI is InChI=1S/C15H16O5/c16-13(17)6-9-15(10-7-14(18)19)8-5-11-3-1-2-4-12(11)20-15/h1-5,8H,6-7,9-10H2,(H,16,17)(H,18,19). The molecule has 0 saturated carbocycles. The lowest BCUT2D eigenvalue weighted by Gasteiger charge is -2.34. The van der Waals surface area contributed by atoms with Crippen LogP contribution in [0.3, 0.4) is 0 Å². The molecule has 5 heteroatoms. The molecule has 5 nitrogen and oxygen atoms in total. The molecule has 0 unspecified atom stereocenters. The van der Waals surface area contributed by atoms with E-state index in [4.69, 9.17) is 14.9 Å². The van der Waals surface area contributed by atoms with Crippen molar-refractivity contribution < 1.29 is 24.5 Å². The average molecular weight is 276 g/mol. The van der Waals surface area contributed by atoms with Crippen molar-refractivity contribution in [3.05, 3.63) is 35.9 Å². The van der Waals surface area contributed by atoms with Gasteiger partial charge in [-0.2, -0.15) is 0 Å². The number of ether oxygens (including phenoxy) is 1. The van der Waals surface area contributed by atoms with Crippen LogP contribution in [0.25, 0.3) is 6.08 Å². The van der Waals surface area contributed by atoms with E-state index >= 15 is 0 Å². The summed E-state index contributed by atoms with van der Waals surface area (Å²) in [5.74, 6) is -1.18. The van der Waals surface area contributed by atoms with Gasteiger partial charge in [0.2, 0.25) is 0 Å². The molecule has 0 amide bonds. The number of benzene rings is 1. The van der Waals surface area contributed by atoms with Crippen LogP contribution < -0.4 is 4.74 Å².